The fourth-order valence-corrected chi connectivity index (χ4v) is 2.05. The molecule has 0 unspecified atom stereocenters. The number of nitrogens with one attached hydrogen (secondary N) is 1. The van der Waals surface area contributed by atoms with Crippen LogP contribution in [0, 0.1) is 0 Å². The van der Waals surface area contributed by atoms with Gasteiger partial charge in [-0.05, 0) is 36.6 Å². The second-order valence-corrected chi connectivity index (χ2v) is 3.80. The van der Waals surface area contributed by atoms with Crippen LogP contribution in [0.2, 0.25) is 0 Å². The van der Waals surface area contributed by atoms with Crippen molar-refractivity contribution < 1.29 is 9.47 Å². The number of hydrogen-bond donors (Lipinski definition) is 1. The molecule has 1 N–H and O–H groups in total. The third-order valence-corrected chi connectivity index (χ3v) is 2.94. The maximum Gasteiger partial charge on any atom is 0.160 e. The SMILES string of the molecule is COc1ccc([C@@H]2CCNC2)cc1OC. The molecule has 1 aliphatic heterocycles. The summed E-state index contributed by atoms with van der Waals surface area (Å²) >= 11 is 0. The molecule has 0 amide bonds. The van der Waals surface area contributed by atoms with Crippen molar-refractivity contribution in [3.8, 4) is 11.5 Å². The molecule has 0 radical (unpaired) electrons. The molecule has 2 rings (SSSR count). The van der Waals surface area contributed by atoms with Crippen LogP contribution in [-0.4, -0.2) is 27.3 Å². The lowest BCUT2D eigenvalue weighted by Gasteiger charge is -2.13. The molecule has 3 nitrogen and oxygen atoms in total. The van der Waals surface area contributed by atoms with Crippen molar-refractivity contribution >= 4 is 0 Å². The highest BCUT2D eigenvalue weighted by Crippen LogP contribution is 2.32. The Morgan fingerprint density at radius 1 is 1.20 bits per heavy atom. The highest BCUT2D eigenvalue weighted by molar-refractivity contribution is 5.44. The van der Waals surface area contributed by atoms with E-state index in [-0.39, 0.29) is 0 Å². The van der Waals surface area contributed by atoms with Crippen LogP contribution in [-0.2, 0) is 0 Å². The Morgan fingerprint density at radius 3 is 2.60 bits per heavy atom. The molecule has 1 aromatic carbocycles. The molecule has 15 heavy (non-hydrogen) atoms. The molecule has 1 saturated heterocycles. The van der Waals surface area contributed by atoms with E-state index in [0.29, 0.717) is 5.92 Å². The minimum atomic E-state index is 0.616. The van der Waals surface area contributed by atoms with Gasteiger partial charge >= 0.3 is 0 Å². The van der Waals surface area contributed by atoms with Gasteiger partial charge in [0.1, 0.15) is 0 Å². The van der Waals surface area contributed by atoms with Crippen LogP contribution in [0.25, 0.3) is 0 Å². The molecule has 0 aromatic heterocycles. The predicted octanol–water partition coefficient (Wildman–Crippen LogP) is 1.78. The van der Waals surface area contributed by atoms with Crippen LogP contribution < -0.4 is 14.8 Å². The summed E-state index contributed by atoms with van der Waals surface area (Å²) in [6.07, 6.45) is 1.20. The summed E-state index contributed by atoms with van der Waals surface area (Å²) in [5.74, 6) is 2.24. The topological polar surface area (TPSA) is 30.5 Å². The van der Waals surface area contributed by atoms with Gasteiger partial charge in [0.25, 0.3) is 0 Å². The molecule has 1 atom stereocenters. The van der Waals surface area contributed by atoms with Crippen molar-refractivity contribution in [1.82, 2.24) is 5.32 Å². The van der Waals surface area contributed by atoms with E-state index in [0.717, 1.165) is 24.6 Å². The minimum absolute atomic E-state index is 0.616. The van der Waals surface area contributed by atoms with Gasteiger partial charge in [0.15, 0.2) is 11.5 Å². The molecule has 0 saturated carbocycles. The largest absolute Gasteiger partial charge is 0.493 e. The van der Waals surface area contributed by atoms with Gasteiger partial charge in [0.2, 0.25) is 0 Å². The number of hydrogen-bond acceptors (Lipinski definition) is 3. The van der Waals surface area contributed by atoms with Gasteiger partial charge in [-0.3, -0.25) is 0 Å². The second-order valence-electron chi connectivity index (χ2n) is 3.80. The summed E-state index contributed by atoms with van der Waals surface area (Å²) in [6, 6.07) is 6.18. The zero-order valence-corrected chi connectivity index (χ0v) is 9.25. The van der Waals surface area contributed by atoms with E-state index in [1.165, 1.54) is 12.0 Å². The maximum atomic E-state index is 5.29. The van der Waals surface area contributed by atoms with Crippen LogP contribution in [0.4, 0.5) is 0 Å². The van der Waals surface area contributed by atoms with Gasteiger partial charge in [0, 0.05) is 6.54 Å². The molecule has 0 spiro atoms. The summed E-state index contributed by atoms with van der Waals surface area (Å²) in [4.78, 5) is 0. The van der Waals surface area contributed by atoms with Crippen LogP contribution in [0.1, 0.15) is 17.9 Å². The quantitative estimate of drug-likeness (QED) is 0.819. The zero-order valence-electron chi connectivity index (χ0n) is 9.25. The van der Waals surface area contributed by atoms with Gasteiger partial charge in [-0.2, -0.15) is 0 Å². The molecule has 1 fully saturated rings. The molecular weight excluding hydrogens is 190 g/mol. The average Bonchev–Trinajstić information content (AvgIpc) is 2.81. The second kappa shape index (κ2) is 4.53. The lowest BCUT2D eigenvalue weighted by atomic mass is 9.98. The summed E-state index contributed by atoms with van der Waals surface area (Å²) in [5.41, 5.74) is 1.33. The summed E-state index contributed by atoms with van der Waals surface area (Å²) in [7, 11) is 3.34. The lowest BCUT2D eigenvalue weighted by Crippen LogP contribution is -2.08. The lowest BCUT2D eigenvalue weighted by molar-refractivity contribution is 0.354. The van der Waals surface area contributed by atoms with Crippen molar-refractivity contribution in [1.29, 1.82) is 0 Å². The fraction of sp³-hybridized carbons (Fsp3) is 0.500. The van der Waals surface area contributed by atoms with Crippen LogP contribution >= 0.6 is 0 Å². The van der Waals surface area contributed by atoms with Gasteiger partial charge in [-0.15, -0.1) is 0 Å². The van der Waals surface area contributed by atoms with Crippen molar-refractivity contribution in [3.05, 3.63) is 23.8 Å². The Balaban J connectivity index is 2.25. The molecule has 3 heteroatoms. The average molecular weight is 207 g/mol. The van der Waals surface area contributed by atoms with Crippen molar-refractivity contribution in [2.24, 2.45) is 0 Å². The normalized spacial score (nSPS) is 20.3. The van der Waals surface area contributed by atoms with Gasteiger partial charge in [-0.25, -0.2) is 0 Å². The Kier molecular flexibility index (Phi) is 3.11. The van der Waals surface area contributed by atoms with Crippen LogP contribution in [0.5, 0.6) is 11.5 Å². The fourth-order valence-electron chi connectivity index (χ4n) is 2.05. The van der Waals surface area contributed by atoms with E-state index >= 15 is 0 Å². The Labute approximate surface area is 90.4 Å². The Hall–Kier alpha value is -1.22. The van der Waals surface area contributed by atoms with Crippen LogP contribution in [0.15, 0.2) is 18.2 Å². The van der Waals surface area contributed by atoms with Crippen LogP contribution in [0.3, 0.4) is 0 Å². The molecule has 0 aliphatic carbocycles. The summed E-state index contributed by atoms with van der Waals surface area (Å²) < 4.78 is 10.5. The van der Waals surface area contributed by atoms with Gasteiger partial charge in [0.05, 0.1) is 14.2 Å². The van der Waals surface area contributed by atoms with Crippen molar-refractivity contribution in [3.63, 3.8) is 0 Å². The molecule has 0 bridgehead atoms. The number of benzene rings is 1. The van der Waals surface area contributed by atoms with E-state index < -0.39 is 0 Å². The first-order valence-electron chi connectivity index (χ1n) is 5.28. The third kappa shape index (κ3) is 2.07. The van der Waals surface area contributed by atoms with E-state index in [9.17, 15) is 0 Å². The third-order valence-electron chi connectivity index (χ3n) is 2.94. The highest BCUT2D eigenvalue weighted by Gasteiger charge is 2.17. The first-order chi connectivity index (χ1) is 7.35. The maximum absolute atomic E-state index is 5.29. The molecular formula is C12H17NO2. The molecule has 1 heterocycles. The first kappa shape index (κ1) is 10.3. The molecule has 1 aromatic rings. The highest BCUT2D eigenvalue weighted by atomic mass is 16.5. The summed E-state index contributed by atoms with van der Waals surface area (Å²) in [5, 5.41) is 3.36. The molecule has 1 aliphatic rings. The zero-order chi connectivity index (χ0) is 10.7. The van der Waals surface area contributed by atoms with Gasteiger partial charge < -0.3 is 14.8 Å². The summed E-state index contributed by atoms with van der Waals surface area (Å²) in [6.45, 7) is 2.18. The standard InChI is InChI=1S/C12H17NO2/c1-14-11-4-3-9(7-12(11)15-2)10-5-6-13-8-10/h3-4,7,10,13H,5-6,8H2,1-2H3/t10-/m1/s1. The Morgan fingerprint density at radius 2 is 2.00 bits per heavy atom. The van der Waals surface area contributed by atoms with Crippen molar-refractivity contribution in [2.75, 3.05) is 27.3 Å². The Bertz CT molecular complexity index is 332. The minimum Gasteiger partial charge on any atom is -0.493 e. The number of methoxy groups -OCH3 is 2. The van der Waals surface area contributed by atoms with E-state index in [1.54, 1.807) is 14.2 Å². The van der Waals surface area contributed by atoms with E-state index in [2.05, 4.69) is 17.4 Å². The van der Waals surface area contributed by atoms with Gasteiger partial charge in [-0.1, -0.05) is 6.07 Å². The van der Waals surface area contributed by atoms with E-state index in [4.69, 9.17) is 9.47 Å². The predicted molar refractivity (Wildman–Crippen MR) is 59.8 cm³/mol. The van der Waals surface area contributed by atoms with Crippen molar-refractivity contribution in [2.45, 2.75) is 12.3 Å². The monoisotopic (exact) mass is 207 g/mol. The smallest absolute Gasteiger partial charge is 0.160 e. The number of ether oxygens (including phenoxy) is 2. The van der Waals surface area contributed by atoms with E-state index in [1.807, 2.05) is 6.07 Å². The molecule has 82 valence electrons. The first-order valence-corrected chi connectivity index (χ1v) is 5.28. The number of rotatable bonds is 3.